The van der Waals surface area contributed by atoms with Crippen LogP contribution in [0, 0.1) is 0 Å². The molecule has 0 N–H and O–H groups in total. The zero-order chi connectivity index (χ0) is 20.7. The van der Waals surface area contributed by atoms with Gasteiger partial charge in [0.2, 0.25) is 5.91 Å². The van der Waals surface area contributed by atoms with Gasteiger partial charge in [0.15, 0.2) is 0 Å². The molecule has 0 spiro atoms. The molecule has 2 rings (SSSR count). The first kappa shape index (κ1) is 22.0. The van der Waals surface area contributed by atoms with Crippen molar-refractivity contribution >= 4 is 23.4 Å². The van der Waals surface area contributed by atoms with E-state index in [0.29, 0.717) is 30.3 Å². The molecule has 0 aliphatic carbocycles. The highest BCUT2D eigenvalue weighted by molar-refractivity contribution is 6.33. The number of carbonyl (C=O) groups is 2. The normalized spacial score (nSPS) is 10.9. The summed E-state index contributed by atoms with van der Waals surface area (Å²) in [6.07, 6.45) is 1.94. The van der Waals surface area contributed by atoms with Crippen LogP contribution in [-0.4, -0.2) is 59.0 Å². The predicted molar refractivity (Wildman–Crippen MR) is 110 cm³/mol. The molecule has 152 valence electrons. The van der Waals surface area contributed by atoms with Crippen molar-refractivity contribution in [3.05, 3.63) is 58.9 Å². The lowest BCUT2D eigenvalue weighted by Crippen LogP contribution is -2.46. The molecular formula is C21H28ClN3O3. The van der Waals surface area contributed by atoms with Gasteiger partial charge in [0.25, 0.3) is 5.91 Å². The molecule has 7 heteroatoms. The Balaban J connectivity index is 2.18. The molecular weight excluding hydrogens is 378 g/mol. The molecule has 0 unspecified atom stereocenters. The molecule has 0 aliphatic heterocycles. The van der Waals surface area contributed by atoms with Crippen molar-refractivity contribution < 1.29 is 14.3 Å². The average Bonchev–Trinajstić information content (AvgIpc) is 3.07. The zero-order valence-corrected chi connectivity index (χ0v) is 17.6. The van der Waals surface area contributed by atoms with Gasteiger partial charge in [0.1, 0.15) is 6.54 Å². The lowest BCUT2D eigenvalue weighted by Gasteiger charge is -2.30. The van der Waals surface area contributed by atoms with E-state index in [1.165, 1.54) is 0 Å². The Hall–Kier alpha value is -2.31. The largest absolute Gasteiger partial charge is 0.383 e. The van der Waals surface area contributed by atoms with Crippen LogP contribution in [-0.2, 0) is 23.1 Å². The van der Waals surface area contributed by atoms with Crippen molar-refractivity contribution in [1.82, 2.24) is 14.4 Å². The van der Waals surface area contributed by atoms with E-state index in [1.807, 2.05) is 43.8 Å². The SMILES string of the molecule is COCCN(Cc1cccn1C)C(=O)CN(C(=O)c1ccccc1Cl)C(C)C. The maximum Gasteiger partial charge on any atom is 0.256 e. The summed E-state index contributed by atoms with van der Waals surface area (Å²) in [6.45, 7) is 5.09. The molecule has 28 heavy (non-hydrogen) atoms. The van der Waals surface area contributed by atoms with E-state index in [0.717, 1.165) is 5.69 Å². The van der Waals surface area contributed by atoms with Crippen molar-refractivity contribution in [2.75, 3.05) is 26.8 Å². The molecule has 1 heterocycles. The van der Waals surface area contributed by atoms with Crippen LogP contribution in [0.25, 0.3) is 0 Å². The molecule has 0 bridgehead atoms. The van der Waals surface area contributed by atoms with Crippen molar-refractivity contribution in [3.63, 3.8) is 0 Å². The number of halogens is 1. The van der Waals surface area contributed by atoms with E-state index in [2.05, 4.69) is 0 Å². The van der Waals surface area contributed by atoms with Gasteiger partial charge in [-0.25, -0.2) is 0 Å². The van der Waals surface area contributed by atoms with Gasteiger partial charge in [-0.2, -0.15) is 0 Å². The Labute approximate surface area is 171 Å². The Bertz CT molecular complexity index is 804. The Morgan fingerprint density at radius 1 is 1.18 bits per heavy atom. The molecule has 0 aliphatic rings. The van der Waals surface area contributed by atoms with Gasteiger partial charge in [0, 0.05) is 38.6 Å². The number of benzene rings is 1. The summed E-state index contributed by atoms with van der Waals surface area (Å²) in [7, 11) is 3.54. The standard InChI is InChI=1S/C21H28ClN3O3/c1-16(2)25(21(27)18-9-5-6-10-19(18)22)15-20(26)24(12-13-28-4)14-17-8-7-11-23(17)3/h5-11,16H,12-15H2,1-4H3. The third-order valence-electron chi connectivity index (χ3n) is 4.62. The second-order valence-corrected chi connectivity index (χ2v) is 7.33. The molecule has 0 atom stereocenters. The summed E-state index contributed by atoms with van der Waals surface area (Å²) >= 11 is 6.19. The topological polar surface area (TPSA) is 54.8 Å². The smallest absolute Gasteiger partial charge is 0.256 e. The molecule has 2 amide bonds. The molecule has 0 saturated carbocycles. The van der Waals surface area contributed by atoms with Gasteiger partial charge in [-0.1, -0.05) is 23.7 Å². The first-order valence-electron chi connectivity index (χ1n) is 9.27. The first-order chi connectivity index (χ1) is 13.3. The number of hydrogen-bond acceptors (Lipinski definition) is 3. The van der Waals surface area contributed by atoms with Crippen LogP contribution in [0.4, 0.5) is 0 Å². The van der Waals surface area contributed by atoms with Gasteiger partial charge in [0.05, 0.1) is 23.7 Å². The molecule has 0 radical (unpaired) electrons. The van der Waals surface area contributed by atoms with Crippen LogP contribution in [0.2, 0.25) is 5.02 Å². The number of hydrogen-bond donors (Lipinski definition) is 0. The van der Waals surface area contributed by atoms with Crippen LogP contribution < -0.4 is 0 Å². The number of aromatic nitrogens is 1. The van der Waals surface area contributed by atoms with Gasteiger partial charge in [-0.3, -0.25) is 9.59 Å². The van der Waals surface area contributed by atoms with Crippen LogP contribution in [0.5, 0.6) is 0 Å². The quantitative estimate of drug-likeness (QED) is 0.643. The minimum absolute atomic E-state index is 0.0180. The number of ether oxygens (including phenoxy) is 1. The highest BCUT2D eigenvalue weighted by Crippen LogP contribution is 2.19. The van der Waals surface area contributed by atoms with Gasteiger partial charge in [-0.05, 0) is 38.1 Å². The fourth-order valence-corrected chi connectivity index (χ4v) is 3.09. The zero-order valence-electron chi connectivity index (χ0n) is 16.9. The Morgan fingerprint density at radius 2 is 1.89 bits per heavy atom. The highest BCUT2D eigenvalue weighted by Gasteiger charge is 2.26. The fraction of sp³-hybridized carbons (Fsp3) is 0.429. The summed E-state index contributed by atoms with van der Waals surface area (Å²) < 4.78 is 7.13. The van der Waals surface area contributed by atoms with Gasteiger partial charge in [-0.15, -0.1) is 0 Å². The minimum atomic E-state index is -0.250. The van der Waals surface area contributed by atoms with Crippen LogP contribution in [0.3, 0.4) is 0 Å². The first-order valence-corrected chi connectivity index (χ1v) is 9.65. The van der Waals surface area contributed by atoms with Crippen molar-refractivity contribution in [2.45, 2.75) is 26.4 Å². The van der Waals surface area contributed by atoms with Crippen molar-refractivity contribution in [3.8, 4) is 0 Å². The summed E-state index contributed by atoms with van der Waals surface area (Å²) in [5.41, 5.74) is 1.41. The summed E-state index contributed by atoms with van der Waals surface area (Å²) in [4.78, 5) is 29.3. The fourth-order valence-electron chi connectivity index (χ4n) is 2.87. The molecule has 0 fully saturated rings. The average molecular weight is 406 g/mol. The maximum absolute atomic E-state index is 13.1. The van der Waals surface area contributed by atoms with E-state index in [4.69, 9.17) is 16.3 Å². The third kappa shape index (κ3) is 5.59. The molecule has 0 saturated heterocycles. The monoisotopic (exact) mass is 405 g/mol. The van der Waals surface area contributed by atoms with Crippen molar-refractivity contribution in [2.24, 2.45) is 7.05 Å². The van der Waals surface area contributed by atoms with Crippen molar-refractivity contribution in [1.29, 1.82) is 0 Å². The van der Waals surface area contributed by atoms with E-state index in [9.17, 15) is 9.59 Å². The number of rotatable bonds is 9. The van der Waals surface area contributed by atoms with E-state index < -0.39 is 0 Å². The van der Waals surface area contributed by atoms with E-state index >= 15 is 0 Å². The van der Waals surface area contributed by atoms with E-state index in [1.54, 1.807) is 41.2 Å². The minimum Gasteiger partial charge on any atom is -0.383 e. The van der Waals surface area contributed by atoms with Gasteiger partial charge < -0.3 is 19.1 Å². The summed E-state index contributed by atoms with van der Waals surface area (Å²) in [5.74, 6) is -0.383. The molecule has 1 aromatic carbocycles. The second kappa shape index (κ2) is 10.3. The lowest BCUT2D eigenvalue weighted by atomic mass is 10.1. The third-order valence-corrected chi connectivity index (χ3v) is 4.95. The van der Waals surface area contributed by atoms with Gasteiger partial charge >= 0.3 is 0 Å². The van der Waals surface area contributed by atoms with Crippen LogP contribution in [0.1, 0.15) is 29.9 Å². The lowest BCUT2D eigenvalue weighted by molar-refractivity contribution is -0.133. The maximum atomic E-state index is 13.1. The number of nitrogens with zero attached hydrogens (tertiary/aromatic N) is 3. The number of aryl methyl sites for hydroxylation is 1. The number of carbonyl (C=O) groups excluding carboxylic acids is 2. The molecule has 1 aromatic heterocycles. The molecule has 6 nitrogen and oxygen atoms in total. The summed E-state index contributed by atoms with van der Waals surface area (Å²) in [6, 6.07) is 10.7. The van der Waals surface area contributed by atoms with E-state index in [-0.39, 0.29) is 24.4 Å². The Morgan fingerprint density at radius 3 is 2.46 bits per heavy atom. The molecule has 2 aromatic rings. The highest BCUT2D eigenvalue weighted by atomic mass is 35.5. The van der Waals surface area contributed by atoms with Crippen LogP contribution in [0.15, 0.2) is 42.6 Å². The predicted octanol–water partition coefficient (Wildman–Crippen LogP) is 3.20. The second-order valence-electron chi connectivity index (χ2n) is 6.93. The Kier molecular flexibility index (Phi) is 8.08. The number of methoxy groups -OCH3 is 1. The number of amides is 2. The van der Waals surface area contributed by atoms with Crippen LogP contribution >= 0.6 is 11.6 Å². The summed E-state index contributed by atoms with van der Waals surface area (Å²) in [5, 5.41) is 0.380.